The van der Waals surface area contributed by atoms with Gasteiger partial charge in [-0.25, -0.2) is 0 Å². The summed E-state index contributed by atoms with van der Waals surface area (Å²) >= 11 is 0. The zero-order chi connectivity index (χ0) is 12.4. The lowest BCUT2D eigenvalue weighted by molar-refractivity contribution is 0.142. The topological polar surface area (TPSA) is 51.8 Å². The first-order valence-corrected chi connectivity index (χ1v) is 5.93. The van der Waals surface area contributed by atoms with E-state index in [9.17, 15) is 5.11 Å². The van der Waals surface area contributed by atoms with Crippen LogP contribution in [0.15, 0.2) is 41.0 Å². The maximum atomic E-state index is 10.3. The van der Waals surface area contributed by atoms with Crippen LogP contribution < -0.4 is 9.47 Å². The summed E-state index contributed by atoms with van der Waals surface area (Å²) in [5.74, 6) is 2.08. The molecule has 0 aliphatic carbocycles. The van der Waals surface area contributed by atoms with Crippen LogP contribution in [0.2, 0.25) is 0 Å². The van der Waals surface area contributed by atoms with Gasteiger partial charge in [-0.05, 0) is 18.2 Å². The fourth-order valence-electron chi connectivity index (χ4n) is 2.09. The van der Waals surface area contributed by atoms with Crippen molar-refractivity contribution >= 4 is 0 Å². The third-order valence-corrected chi connectivity index (χ3v) is 2.93. The first-order valence-electron chi connectivity index (χ1n) is 5.93. The largest absolute Gasteiger partial charge is 0.486 e. The number of benzene rings is 1. The highest BCUT2D eigenvalue weighted by Gasteiger charge is 2.21. The van der Waals surface area contributed by atoms with Crippen LogP contribution in [0.4, 0.5) is 0 Å². The highest BCUT2D eigenvalue weighted by Crippen LogP contribution is 2.37. The molecule has 0 spiro atoms. The monoisotopic (exact) mass is 246 g/mol. The van der Waals surface area contributed by atoms with Crippen molar-refractivity contribution < 1.29 is 19.0 Å². The van der Waals surface area contributed by atoms with E-state index in [4.69, 9.17) is 13.9 Å². The number of ether oxygens (including phenoxy) is 2. The molecule has 94 valence electrons. The maximum Gasteiger partial charge on any atom is 0.167 e. The Morgan fingerprint density at radius 1 is 1.11 bits per heavy atom. The van der Waals surface area contributed by atoms with E-state index >= 15 is 0 Å². The van der Waals surface area contributed by atoms with Crippen LogP contribution >= 0.6 is 0 Å². The molecule has 18 heavy (non-hydrogen) atoms. The van der Waals surface area contributed by atoms with Crippen LogP contribution in [-0.2, 0) is 6.42 Å². The van der Waals surface area contributed by atoms with Crippen LogP contribution in [0.5, 0.6) is 11.5 Å². The molecule has 0 saturated carbocycles. The zero-order valence-electron chi connectivity index (χ0n) is 9.83. The van der Waals surface area contributed by atoms with E-state index in [1.54, 1.807) is 6.26 Å². The van der Waals surface area contributed by atoms with Gasteiger partial charge in [-0.1, -0.05) is 12.1 Å². The van der Waals surface area contributed by atoms with Crippen molar-refractivity contribution in [2.45, 2.75) is 12.5 Å². The molecule has 1 aliphatic heterocycles. The van der Waals surface area contributed by atoms with Gasteiger partial charge in [0.25, 0.3) is 0 Å². The Bertz CT molecular complexity index is 519. The van der Waals surface area contributed by atoms with E-state index in [1.807, 2.05) is 30.3 Å². The summed E-state index contributed by atoms with van der Waals surface area (Å²) in [6, 6.07) is 9.20. The molecular weight excluding hydrogens is 232 g/mol. The second-order valence-corrected chi connectivity index (χ2v) is 4.17. The van der Waals surface area contributed by atoms with E-state index in [1.165, 1.54) is 0 Å². The fraction of sp³-hybridized carbons (Fsp3) is 0.286. The molecule has 0 bridgehead atoms. The highest BCUT2D eigenvalue weighted by molar-refractivity contribution is 5.48. The van der Waals surface area contributed by atoms with E-state index in [0.717, 1.165) is 11.3 Å². The first kappa shape index (κ1) is 11.2. The number of furan rings is 1. The molecule has 0 radical (unpaired) electrons. The Labute approximate surface area is 105 Å². The Morgan fingerprint density at radius 3 is 2.83 bits per heavy atom. The quantitative estimate of drug-likeness (QED) is 0.903. The van der Waals surface area contributed by atoms with Gasteiger partial charge < -0.3 is 19.0 Å². The smallest absolute Gasteiger partial charge is 0.167 e. The summed E-state index contributed by atoms with van der Waals surface area (Å²) in [6.07, 6.45) is 1.36. The third kappa shape index (κ3) is 2.07. The van der Waals surface area contributed by atoms with Crippen molar-refractivity contribution in [3.8, 4) is 11.5 Å². The molecule has 2 aromatic rings. The van der Waals surface area contributed by atoms with Gasteiger partial charge in [0, 0.05) is 12.0 Å². The van der Waals surface area contributed by atoms with Gasteiger partial charge in [-0.2, -0.15) is 0 Å². The van der Waals surface area contributed by atoms with Crippen LogP contribution in [0, 0.1) is 0 Å². The fourth-order valence-corrected chi connectivity index (χ4v) is 2.09. The van der Waals surface area contributed by atoms with Crippen LogP contribution in [0.3, 0.4) is 0 Å². The van der Waals surface area contributed by atoms with Gasteiger partial charge in [-0.15, -0.1) is 0 Å². The first-order chi connectivity index (χ1) is 8.84. The number of para-hydroxylation sites is 1. The summed E-state index contributed by atoms with van der Waals surface area (Å²) in [5.41, 5.74) is 0.739. The Morgan fingerprint density at radius 2 is 2.00 bits per heavy atom. The molecule has 4 nitrogen and oxygen atoms in total. The van der Waals surface area contributed by atoms with Crippen LogP contribution in [0.25, 0.3) is 0 Å². The molecule has 0 saturated heterocycles. The Kier molecular flexibility index (Phi) is 2.94. The molecule has 3 rings (SSSR count). The molecule has 4 heteroatoms. The number of aliphatic hydroxyl groups is 1. The second-order valence-electron chi connectivity index (χ2n) is 4.17. The van der Waals surface area contributed by atoms with Crippen molar-refractivity contribution in [1.82, 2.24) is 0 Å². The van der Waals surface area contributed by atoms with Crippen molar-refractivity contribution in [2.75, 3.05) is 13.2 Å². The van der Waals surface area contributed by atoms with Gasteiger partial charge in [0.1, 0.15) is 19.0 Å². The number of hydrogen-bond donors (Lipinski definition) is 1. The van der Waals surface area contributed by atoms with Crippen molar-refractivity contribution in [3.05, 3.63) is 47.9 Å². The average molecular weight is 246 g/mol. The molecule has 1 unspecified atom stereocenters. The minimum Gasteiger partial charge on any atom is -0.486 e. The van der Waals surface area contributed by atoms with Crippen LogP contribution in [0.1, 0.15) is 17.4 Å². The molecule has 0 fully saturated rings. The number of aliphatic hydroxyl groups excluding tert-OH is 1. The Balaban J connectivity index is 1.87. The van der Waals surface area contributed by atoms with E-state index in [0.29, 0.717) is 31.1 Å². The minimum absolute atomic E-state index is 0.423. The predicted molar refractivity (Wildman–Crippen MR) is 64.8 cm³/mol. The number of rotatable bonds is 3. The summed E-state index contributed by atoms with van der Waals surface area (Å²) in [6.45, 7) is 1.06. The lowest BCUT2D eigenvalue weighted by Gasteiger charge is -2.22. The molecular formula is C14H14O4. The lowest BCUT2D eigenvalue weighted by Crippen LogP contribution is -2.17. The zero-order valence-corrected chi connectivity index (χ0v) is 9.83. The van der Waals surface area contributed by atoms with E-state index < -0.39 is 6.10 Å². The molecule has 1 aliphatic rings. The number of hydrogen-bond acceptors (Lipinski definition) is 4. The molecule has 1 atom stereocenters. The molecule has 1 N–H and O–H groups in total. The molecule has 0 amide bonds. The van der Waals surface area contributed by atoms with Gasteiger partial charge in [0.05, 0.1) is 12.4 Å². The van der Waals surface area contributed by atoms with Gasteiger partial charge in [0.15, 0.2) is 11.5 Å². The van der Waals surface area contributed by atoms with E-state index in [2.05, 4.69) is 0 Å². The van der Waals surface area contributed by atoms with Crippen molar-refractivity contribution in [2.24, 2.45) is 0 Å². The standard InChI is InChI=1S/C14H14O4/c15-12(9-10-3-2-6-16-10)11-4-1-5-13-14(11)18-8-7-17-13/h1-6,12,15H,7-9H2. The number of fused-ring (bicyclic) bond motifs is 1. The average Bonchev–Trinajstić information content (AvgIpc) is 2.91. The normalized spacial score (nSPS) is 15.4. The van der Waals surface area contributed by atoms with Crippen molar-refractivity contribution in [1.29, 1.82) is 0 Å². The summed E-state index contributed by atoms with van der Waals surface area (Å²) in [4.78, 5) is 0. The molecule has 1 aromatic heterocycles. The predicted octanol–water partition coefficient (Wildman–Crippen LogP) is 2.33. The summed E-state index contributed by atoms with van der Waals surface area (Å²) in [7, 11) is 0. The molecule has 2 heterocycles. The minimum atomic E-state index is -0.659. The summed E-state index contributed by atoms with van der Waals surface area (Å²) < 4.78 is 16.3. The lowest BCUT2D eigenvalue weighted by atomic mass is 10.0. The Hall–Kier alpha value is -1.94. The molecule has 1 aromatic carbocycles. The van der Waals surface area contributed by atoms with Gasteiger partial charge in [-0.3, -0.25) is 0 Å². The van der Waals surface area contributed by atoms with Crippen molar-refractivity contribution in [3.63, 3.8) is 0 Å². The highest BCUT2D eigenvalue weighted by atomic mass is 16.6. The summed E-state index contributed by atoms with van der Waals surface area (Å²) in [5, 5.41) is 10.3. The van der Waals surface area contributed by atoms with Gasteiger partial charge >= 0.3 is 0 Å². The van der Waals surface area contributed by atoms with E-state index in [-0.39, 0.29) is 0 Å². The second kappa shape index (κ2) is 4.74. The van der Waals surface area contributed by atoms with Crippen LogP contribution in [-0.4, -0.2) is 18.3 Å². The SMILES string of the molecule is OC(Cc1ccco1)c1cccc2c1OCCO2. The maximum absolute atomic E-state index is 10.3. The third-order valence-electron chi connectivity index (χ3n) is 2.93. The van der Waals surface area contributed by atoms with Gasteiger partial charge in [0.2, 0.25) is 0 Å².